The third-order valence-corrected chi connectivity index (χ3v) is 7.00. The van der Waals surface area contributed by atoms with Crippen LogP contribution in [-0.2, 0) is 11.3 Å². The van der Waals surface area contributed by atoms with Crippen LogP contribution in [0.4, 0.5) is 22.0 Å². The van der Waals surface area contributed by atoms with Crippen LogP contribution in [0.3, 0.4) is 0 Å². The zero-order chi connectivity index (χ0) is 29.9. The Morgan fingerprint density at radius 3 is 2.12 bits per heavy atom. The summed E-state index contributed by atoms with van der Waals surface area (Å²) in [6.45, 7) is 0.183. The monoisotopic (exact) mass is 580 g/mol. The van der Waals surface area contributed by atoms with Crippen molar-refractivity contribution < 1.29 is 36.2 Å². The minimum absolute atomic E-state index is 0.0166. The second kappa shape index (κ2) is 12.0. The number of benzene rings is 4. The number of hydrogen-bond acceptors (Lipinski definition) is 4. The smallest absolute Gasteiger partial charge is 0.496 e. The Hall–Kier alpha value is -4.73. The number of hydrogen-bond donors (Lipinski definition) is 1. The predicted molar refractivity (Wildman–Crippen MR) is 147 cm³/mol. The minimum Gasteiger partial charge on any atom is -0.496 e. The molecule has 0 spiro atoms. The number of para-hydroxylation sites is 1. The van der Waals surface area contributed by atoms with Crippen LogP contribution < -0.4 is 14.8 Å². The lowest BCUT2D eigenvalue weighted by atomic mass is 9.89. The normalized spacial score (nSPS) is 16.6. The molecule has 0 saturated carbocycles. The Labute approximate surface area is 238 Å². The molecule has 0 aliphatic carbocycles. The van der Waals surface area contributed by atoms with Crippen LogP contribution in [0.5, 0.6) is 11.5 Å². The van der Waals surface area contributed by atoms with E-state index in [1.54, 1.807) is 30.3 Å². The molecule has 0 radical (unpaired) electrons. The third kappa shape index (κ3) is 6.43. The highest BCUT2D eigenvalue weighted by Crippen LogP contribution is 2.39. The topological polar surface area (TPSA) is 59.9 Å². The van der Waals surface area contributed by atoms with Crippen molar-refractivity contribution in [3.8, 4) is 22.6 Å². The van der Waals surface area contributed by atoms with Gasteiger partial charge in [0.1, 0.15) is 23.1 Å². The highest BCUT2D eigenvalue weighted by Gasteiger charge is 2.38. The molecule has 1 heterocycles. The Kier molecular flexibility index (Phi) is 8.24. The van der Waals surface area contributed by atoms with Crippen LogP contribution in [0.15, 0.2) is 96.0 Å². The molecule has 42 heavy (non-hydrogen) atoms. The number of halogens is 5. The largest absolute Gasteiger partial charge is 0.573 e. The molecular formula is C32H25F5N2O3. The molecule has 0 fully saturated rings. The SMILES string of the molecule is COc1ccccc1CNC(=O)[C@H]1CC(c2c(F)cccc2F)=NC1c1ccc(-c2ccc(OC(F)(F)F)cc2)cc1. The van der Waals surface area contributed by atoms with Gasteiger partial charge in [-0.2, -0.15) is 0 Å². The van der Waals surface area contributed by atoms with E-state index in [1.165, 1.54) is 37.4 Å². The average Bonchev–Trinajstić information content (AvgIpc) is 3.41. The number of rotatable bonds is 8. The molecule has 4 aromatic rings. The van der Waals surface area contributed by atoms with E-state index in [2.05, 4.69) is 15.0 Å². The summed E-state index contributed by atoms with van der Waals surface area (Å²) in [5, 5.41) is 2.90. The number of ether oxygens (including phenoxy) is 2. The molecule has 5 rings (SSSR count). The van der Waals surface area contributed by atoms with Crippen molar-refractivity contribution in [2.75, 3.05) is 7.11 Å². The molecule has 216 valence electrons. The number of carbonyl (C=O) groups is 1. The van der Waals surface area contributed by atoms with Crippen molar-refractivity contribution in [2.45, 2.75) is 25.4 Å². The highest BCUT2D eigenvalue weighted by molar-refractivity contribution is 6.05. The van der Waals surface area contributed by atoms with Crippen molar-refractivity contribution in [3.05, 3.63) is 119 Å². The molecule has 1 N–H and O–H groups in total. The van der Waals surface area contributed by atoms with Gasteiger partial charge in [-0.15, -0.1) is 13.2 Å². The maximum absolute atomic E-state index is 14.7. The summed E-state index contributed by atoms with van der Waals surface area (Å²) in [5.74, 6) is -2.35. The summed E-state index contributed by atoms with van der Waals surface area (Å²) in [6, 6.07) is 22.5. The fourth-order valence-electron chi connectivity index (χ4n) is 5.00. The summed E-state index contributed by atoms with van der Waals surface area (Å²) in [6.07, 6.45) is -4.77. The van der Waals surface area contributed by atoms with E-state index in [1.807, 2.05) is 18.2 Å². The molecule has 0 bridgehead atoms. The van der Waals surface area contributed by atoms with Gasteiger partial charge in [0.2, 0.25) is 5.91 Å². The Balaban J connectivity index is 1.41. The highest BCUT2D eigenvalue weighted by atomic mass is 19.4. The fourth-order valence-corrected chi connectivity index (χ4v) is 5.00. The second-order valence-corrected chi connectivity index (χ2v) is 9.65. The van der Waals surface area contributed by atoms with Gasteiger partial charge in [0.05, 0.1) is 24.6 Å². The first-order valence-corrected chi connectivity index (χ1v) is 13.0. The predicted octanol–water partition coefficient (Wildman–Crippen LogP) is 7.41. The molecule has 1 unspecified atom stereocenters. The molecule has 1 aliphatic heterocycles. The lowest BCUT2D eigenvalue weighted by Crippen LogP contribution is -2.32. The summed E-state index contributed by atoms with van der Waals surface area (Å²) >= 11 is 0. The molecule has 1 amide bonds. The molecule has 2 atom stereocenters. The first-order chi connectivity index (χ1) is 20.1. The van der Waals surface area contributed by atoms with Crippen LogP contribution in [0, 0.1) is 17.6 Å². The van der Waals surface area contributed by atoms with Gasteiger partial charge in [-0.05, 0) is 47.0 Å². The second-order valence-electron chi connectivity index (χ2n) is 9.65. The van der Waals surface area contributed by atoms with E-state index < -0.39 is 30.0 Å². The van der Waals surface area contributed by atoms with Crippen molar-refractivity contribution in [3.63, 3.8) is 0 Å². The maximum atomic E-state index is 14.7. The number of nitrogens with one attached hydrogen (secondary N) is 1. The van der Waals surface area contributed by atoms with Crippen LogP contribution in [0.25, 0.3) is 11.1 Å². The number of amides is 1. The first-order valence-electron chi connectivity index (χ1n) is 13.0. The molecule has 0 aromatic heterocycles. The van der Waals surface area contributed by atoms with Crippen molar-refractivity contribution in [2.24, 2.45) is 10.9 Å². The van der Waals surface area contributed by atoms with E-state index >= 15 is 0 Å². The Bertz CT molecular complexity index is 1580. The van der Waals surface area contributed by atoms with E-state index in [0.717, 1.165) is 17.7 Å². The summed E-state index contributed by atoms with van der Waals surface area (Å²) in [5.41, 5.74) is 2.64. The van der Waals surface area contributed by atoms with Crippen LogP contribution >= 0.6 is 0 Å². The van der Waals surface area contributed by atoms with Gasteiger partial charge in [0.15, 0.2) is 0 Å². The van der Waals surface area contributed by atoms with E-state index in [0.29, 0.717) is 22.4 Å². The third-order valence-electron chi connectivity index (χ3n) is 7.00. The van der Waals surface area contributed by atoms with Gasteiger partial charge in [0.25, 0.3) is 0 Å². The summed E-state index contributed by atoms with van der Waals surface area (Å²) in [7, 11) is 1.53. The van der Waals surface area contributed by atoms with Crippen LogP contribution in [0.2, 0.25) is 0 Å². The summed E-state index contributed by atoms with van der Waals surface area (Å²) < 4.78 is 76.1. The number of carbonyl (C=O) groups excluding carboxylic acids is 1. The van der Waals surface area contributed by atoms with Crippen LogP contribution in [-0.4, -0.2) is 25.1 Å². The summed E-state index contributed by atoms with van der Waals surface area (Å²) in [4.78, 5) is 18.1. The van der Waals surface area contributed by atoms with Crippen molar-refractivity contribution in [1.29, 1.82) is 0 Å². The number of methoxy groups -OCH3 is 1. The standard InChI is InChI=1S/C32H25F5N2O3/c1-41-28-8-3-2-5-22(28)18-38-31(40)24-17-27(29-25(33)6-4-7-26(29)34)39-30(24)21-11-9-19(10-12-21)20-13-15-23(16-14-20)42-32(35,36)37/h2-16,24,30H,17-18H2,1H3,(H,38,40)/t24-,30?/m0/s1. The molecule has 4 aromatic carbocycles. The zero-order valence-corrected chi connectivity index (χ0v) is 22.3. The minimum atomic E-state index is -4.79. The van der Waals surface area contributed by atoms with Gasteiger partial charge in [0, 0.05) is 24.2 Å². The maximum Gasteiger partial charge on any atom is 0.573 e. The van der Waals surface area contributed by atoms with Crippen LogP contribution in [0.1, 0.15) is 29.2 Å². The van der Waals surface area contributed by atoms with Gasteiger partial charge >= 0.3 is 6.36 Å². The van der Waals surface area contributed by atoms with E-state index in [4.69, 9.17) is 4.74 Å². The lowest BCUT2D eigenvalue weighted by molar-refractivity contribution is -0.274. The quantitative estimate of drug-likeness (QED) is 0.221. The molecular weight excluding hydrogens is 555 g/mol. The number of nitrogens with zero attached hydrogens (tertiary/aromatic N) is 1. The van der Waals surface area contributed by atoms with E-state index in [9.17, 15) is 26.7 Å². The molecule has 5 nitrogen and oxygen atoms in total. The fraction of sp³-hybridized carbons (Fsp3) is 0.188. The van der Waals surface area contributed by atoms with Gasteiger partial charge < -0.3 is 14.8 Å². The lowest BCUT2D eigenvalue weighted by Gasteiger charge is -2.19. The Morgan fingerprint density at radius 2 is 1.50 bits per heavy atom. The van der Waals surface area contributed by atoms with Gasteiger partial charge in [-0.3, -0.25) is 9.79 Å². The molecule has 0 saturated heterocycles. The zero-order valence-electron chi connectivity index (χ0n) is 22.3. The molecule has 10 heteroatoms. The van der Waals surface area contributed by atoms with Gasteiger partial charge in [-0.1, -0.05) is 60.7 Å². The van der Waals surface area contributed by atoms with Gasteiger partial charge in [-0.25, -0.2) is 8.78 Å². The number of alkyl halides is 3. The number of aliphatic imine (C=N–C) groups is 1. The van der Waals surface area contributed by atoms with Crippen molar-refractivity contribution >= 4 is 11.6 Å². The first kappa shape index (κ1) is 28.8. The molecule has 1 aliphatic rings. The van der Waals surface area contributed by atoms with E-state index in [-0.39, 0.29) is 35.9 Å². The Morgan fingerprint density at radius 1 is 0.881 bits per heavy atom. The average molecular weight is 581 g/mol. The van der Waals surface area contributed by atoms with Crippen molar-refractivity contribution in [1.82, 2.24) is 5.32 Å².